The Balaban J connectivity index is 0.00000162. The zero-order valence-corrected chi connectivity index (χ0v) is 11.3. The molecule has 0 radical (unpaired) electrons. The van der Waals surface area contributed by atoms with Gasteiger partial charge in [0.1, 0.15) is 0 Å². The molecule has 1 aromatic carbocycles. The number of esters is 1. The van der Waals surface area contributed by atoms with Crippen molar-refractivity contribution in [2.45, 2.75) is 19.4 Å². The number of ether oxygens (including phenoxy) is 1. The van der Waals surface area contributed by atoms with Gasteiger partial charge in [0.2, 0.25) is 0 Å². The number of halogens is 1. The highest BCUT2D eigenvalue weighted by molar-refractivity contribution is 5.90. The molecule has 18 heavy (non-hydrogen) atoms. The van der Waals surface area contributed by atoms with Gasteiger partial charge >= 0.3 is 5.97 Å². The standard InChI is InChI=1S/C13H18N2O2.ClH/c1-17-13(16)11-6-10(9-14)7-12(8-11)15-4-2-3-5-15;/h6-8H,2-5,9,14H2,1H3;1H. The first kappa shape index (κ1) is 14.8. The summed E-state index contributed by atoms with van der Waals surface area (Å²) in [6.45, 7) is 2.54. The predicted molar refractivity (Wildman–Crippen MR) is 74.4 cm³/mol. The minimum atomic E-state index is -0.305. The average Bonchev–Trinajstić information content (AvgIpc) is 2.91. The molecule has 0 spiro atoms. The number of benzene rings is 1. The number of nitrogens with zero attached hydrogens (tertiary/aromatic N) is 1. The molecule has 100 valence electrons. The summed E-state index contributed by atoms with van der Waals surface area (Å²) in [4.78, 5) is 13.9. The van der Waals surface area contributed by atoms with Gasteiger partial charge in [0.15, 0.2) is 0 Å². The Morgan fingerprint density at radius 3 is 2.56 bits per heavy atom. The van der Waals surface area contributed by atoms with Gasteiger partial charge in [0.25, 0.3) is 0 Å². The molecule has 0 aliphatic carbocycles. The second-order valence-corrected chi connectivity index (χ2v) is 4.28. The lowest BCUT2D eigenvalue weighted by atomic mass is 10.1. The fourth-order valence-corrected chi connectivity index (χ4v) is 2.19. The van der Waals surface area contributed by atoms with Crippen LogP contribution in [0.4, 0.5) is 5.69 Å². The molecule has 0 atom stereocenters. The van der Waals surface area contributed by atoms with Crippen molar-refractivity contribution in [1.29, 1.82) is 0 Å². The second kappa shape index (κ2) is 6.61. The first-order valence-corrected chi connectivity index (χ1v) is 5.92. The highest BCUT2D eigenvalue weighted by Gasteiger charge is 2.15. The van der Waals surface area contributed by atoms with E-state index in [4.69, 9.17) is 10.5 Å². The fourth-order valence-electron chi connectivity index (χ4n) is 2.19. The SMILES string of the molecule is COC(=O)c1cc(CN)cc(N2CCCC2)c1.Cl. The fraction of sp³-hybridized carbons (Fsp3) is 0.462. The molecule has 0 aromatic heterocycles. The number of methoxy groups -OCH3 is 1. The van der Waals surface area contributed by atoms with E-state index >= 15 is 0 Å². The number of hydrogen-bond donors (Lipinski definition) is 1. The van der Waals surface area contributed by atoms with Crippen molar-refractivity contribution in [3.8, 4) is 0 Å². The molecule has 0 unspecified atom stereocenters. The maximum absolute atomic E-state index is 11.6. The van der Waals surface area contributed by atoms with E-state index in [9.17, 15) is 4.79 Å². The zero-order valence-electron chi connectivity index (χ0n) is 10.5. The lowest BCUT2D eigenvalue weighted by molar-refractivity contribution is 0.0600. The number of carbonyl (C=O) groups is 1. The lowest BCUT2D eigenvalue weighted by Crippen LogP contribution is -2.19. The number of carbonyl (C=O) groups excluding carboxylic acids is 1. The van der Waals surface area contributed by atoms with Crippen molar-refractivity contribution < 1.29 is 9.53 Å². The summed E-state index contributed by atoms with van der Waals surface area (Å²) in [5, 5.41) is 0. The van der Waals surface area contributed by atoms with Crippen LogP contribution in [0.2, 0.25) is 0 Å². The van der Waals surface area contributed by atoms with Crippen molar-refractivity contribution in [2.24, 2.45) is 5.73 Å². The Morgan fingerprint density at radius 1 is 1.33 bits per heavy atom. The molecular formula is C13H19ClN2O2. The average molecular weight is 271 g/mol. The van der Waals surface area contributed by atoms with Gasteiger partial charge in [-0.2, -0.15) is 0 Å². The molecule has 1 aliphatic heterocycles. The largest absolute Gasteiger partial charge is 0.465 e. The molecule has 1 aliphatic rings. The third kappa shape index (κ3) is 3.15. The highest BCUT2D eigenvalue weighted by Crippen LogP contribution is 2.23. The Bertz CT molecular complexity index is 417. The minimum Gasteiger partial charge on any atom is -0.465 e. The number of rotatable bonds is 3. The molecule has 0 saturated carbocycles. The van der Waals surface area contributed by atoms with Gasteiger partial charge in [-0.1, -0.05) is 0 Å². The maximum Gasteiger partial charge on any atom is 0.337 e. The number of nitrogens with two attached hydrogens (primary N) is 1. The topological polar surface area (TPSA) is 55.6 Å². The molecule has 0 bridgehead atoms. The lowest BCUT2D eigenvalue weighted by Gasteiger charge is -2.19. The van der Waals surface area contributed by atoms with Crippen LogP contribution in [0, 0.1) is 0 Å². The third-order valence-electron chi connectivity index (χ3n) is 3.11. The highest BCUT2D eigenvalue weighted by atomic mass is 35.5. The Kier molecular flexibility index (Phi) is 5.44. The summed E-state index contributed by atoms with van der Waals surface area (Å²) in [6.07, 6.45) is 2.42. The van der Waals surface area contributed by atoms with Crippen molar-refractivity contribution in [1.82, 2.24) is 0 Å². The van der Waals surface area contributed by atoms with Crippen LogP contribution in [0.15, 0.2) is 18.2 Å². The number of hydrogen-bond acceptors (Lipinski definition) is 4. The third-order valence-corrected chi connectivity index (χ3v) is 3.11. The molecular weight excluding hydrogens is 252 g/mol. The van der Waals surface area contributed by atoms with Gasteiger partial charge in [-0.15, -0.1) is 12.4 Å². The molecule has 1 saturated heterocycles. The Morgan fingerprint density at radius 2 is 2.00 bits per heavy atom. The maximum atomic E-state index is 11.6. The van der Waals surface area contributed by atoms with Gasteiger partial charge in [0.05, 0.1) is 12.7 Å². The van der Waals surface area contributed by atoms with Crippen LogP contribution in [-0.2, 0) is 11.3 Å². The second-order valence-electron chi connectivity index (χ2n) is 4.28. The normalized spacial score (nSPS) is 14.2. The summed E-state index contributed by atoms with van der Waals surface area (Å²) < 4.78 is 4.76. The van der Waals surface area contributed by atoms with E-state index in [0.29, 0.717) is 12.1 Å². The van der Waals surface area contributed by atoms with Crippen LogP contribution in [0.25, 0.3) is 0 Å². The van der Waals surface area contributed by atoms with E-state index in [1.165, 1.54) is 20.0 Å². The predicted octanol–water partition coefficient (Wildman–Crippen LogP) is 1.95. The van der Waals surface area contributed by atoms with E-state index in [0.717, 1.165) is 24.3 Å². The Labute approximate surface area is 114 Å². The summed E-state index contributed by atoms with van der Waals surface area (Å²) in [5.74, 6) is -0.305. The summed E-state index contributed by atoms with van der Waals surface area (Å²) in [5.41, 5.74) is 8.28. The van der Waals surface area contributed by atoms with Crippen LogP contribution in [0.3, 0.4) is 0 Å². The monoisotopic (exact) mass is 270 g/mol. The summed E-state index contributed by atoms with van der Waals surface area (Å²) in [7, 11) is 1.40. The molecule has 2 rings (SSSR count). The van der Waals surface area contributed by atoms with E-state index < -0.39 is 0 Å². The van der Waals surface area contributed by atoms with E-state index in [1.54, 1.807) is 6.07 Å². The zero-order chi connectivity index (χ0) is 12.3. The Hall–Kier alpha value is -1.26. The molecule has 1 heterocycles. The van der Waals surface area contributed by atoms with Crippen LogP contribution in [0.1, 0.15) is 28.8 Å². The van der Waals surface area contributed by atoms with Gasteiger partial charge in [-0.05, 0) is 36.6 Å². The van der Waals surface area contributed by atoms with Gasteiger partial charge in [-0.3, -0.25) is 0 Å². The van der Waals surface area contributed by atoms with E-state index in [-0.39, 0.29) is 18.4 Å². The van der Waals surface area contributed by atoms with Gasteiger partial charge < -0.3 is 15.4 Å². The van der Waals surface area contributed by atoms with Crippen molar-refractivity contribution in [2.75, 3.05) is 25.1 Å². The van der Waals surface area contributed by atoms with Crippen molar-refractivity contribution in [3.05, 3.63) is 29.3 Å². The number of anilines is 1. The van der Waals surface area contributed by atoms with Crippen molar-refractivity contribution >= 4 is 24.1 Å². The van der Waals surface area contributed by atoms with Crippen LogP contribution in [-0.4, -0.2) is 26.2 Å². The van der Waals surface area contributed by atoms with Crippen LogP contribution in [0.5, 0.6) is 0 Å². The van der Waals surface area contributed by atoms with Crippen LogP contribution < -0.4 is 10.6 Å². The molecule has 0 amide bonds. The molecule has 1 aromatic rings. The smallest absolute Gasteiger partial charge is 0.337 e. The molecule has 4 nitrogen and oxygen atoms in total. The minimum absolute atomic E-state index is 0. The van der Waals surface area contributed by atoms with Crippen molar-refractivity contribution in [3.63, 3.8) is 0 Å². The molecule has 5 heteroatoms. The molecule has 1 fully saturated rings. The van der Waals surface area contributed by atoms with Crippen LogP contribution >= 0.6 is 12.4 Å². The van der Waals surface area contributed by atoms with Gasteiger partial charge in [0, 0.05) is 25.3 Å². The van der Waals surface area contributed by atoms with E-state index in [1.807, 2.05) is 6.07 Å². The molecule has 2 N–H and O–H groups in total. The first-order valence-electron chi connectivity index (χ1n) is 5.92. The summed E-state index contributed by atoms with van der Waals surface area (Å²) >= 11 is 0. The first-order chi connectivity index (χ1) is 8.24. The summed E-state index contributed by atoms with van der Waals surface area (Å²) in [6, 6.07) is 5.74. The van der Waals surface area contributed by atoms with Gasteiger partial charge in [-0.25, -0.2) is 4.79 Å². The quantitative estimate of drug-likeness (QED) is 0.853. The van der Waals surface area contributed by atoms with E-state index in [2.05, 4.69) is 11.0 Å².